The maximum Gasteiger partial charge on any atom is 0.200 e. The van der Waals surface area contributed by atoms with Gasteiger partial charge in [-0.15, -0.1) is 0 Å². The largest absolute Gasteiger partial charge is 0.206 e. The second-order valence-electron chi connectivity index (χ2n) is 10.4. The molecule has 0 bridgehead atoms. The first-order chi connectivity index (χ1) is 22.3. The lowest BCUT2D eigenvalue weighted by atomic mass is 9.82. The third-order valence-electron chi connectivity index (χ3n) is 8.04. The summed E-state index contributed by atoms with van der Waals surface area (Å²) in [6, 6.07) is 7.39. The summed E-state index contributed by atoms with van der Waals surface area (Å²) in [6.07, 6.45) is 0. The monoisotopic (exact) mass is 664 g/mol. The quantitative estimate of drug-likeness (QED) is 0.0764. The highest BCUT2D eigenvalue weighted by molar-refractivity contribution is 6.27. The normalized spacial score (nSPS) is 11.9. The molecular weight excluding hydrogens is 655 g/mol. The van der Waals surface area contributed by atoms with E-state index >= 15 is 30.7 Å². The lowest BCUT2D eigenvalue weighted by molar-refractivity contribution is 0.381. The van der Waals surface area contributed by atoms with E-state index in [-0.39, 0.29) is 5.39 Å². The van der Waals surface area contributed by atoms with Crippen LogP contribution in [0, 0.1) is 75.6 Å². The first-order valence-electron chi connectivity index (χ1n) is 13.2. The molecule has 0 unspecified atom stereocenters. The Morgan fingerprint density at radius 2 is 0.809 bits per heavy atom. The Labute approximate surface area is 253 Å². The molecule has 0 atom stereocenters. The molecule has 13 heteroatoms. The van der Waals surface area contributed by atoms with Crippen LogP contribution in [-0.2, 0) is 0 Å². The molecule has 7 aromatic rings. The standard InChI is InChI=1S/C34H9F13/c35-15-8-5-10-4-6-14-19-17(10)22(15)29(42)31(44)23(19)30(43)26(39)20(14)18-11(12-7-9-16(36)25(38)24(12)37)2-1-3-13(18)21-27(40)32(45)34(47)33(46)28(21)41/h1-9H. The molecule has 0 saturated heterocycles. The molecule has 236 valence electrons. The van der Waals surface area contributed by atoms with Crippen molar-refractivity contribution in [3.8, 4) is 33.4 Å². The Morgan fingerprint density at radius 1 is 0.277 bits per heavy atom. The Bertz CT molecular complexity index is 2470. The van der Waals surface area contributed by atoms with Crippen molar-refractivity contribution in [2.75, 3.05) is 0 Å². The van der Waals surface area contributed by atoms with Crippen LogP contribution in [0.3, 0.4) is 0 Å². The number of hydrogen-bond donors (Lipinski definition) is 0. The number of benzene rings is 7. The van der Waals surface area contributed by atoms with Crippen molar-refractivity contribution in [3.05, 3.63) is 130 Å². The average Bonchev–Trinajstić information content (AvgIpc) is 3.05. The minimum Gasteiger partial charge on any atom is -0.206 e. The Hall–Kier alpha value is -5.33. The van der Waals surface area contributed by atoms with Crippen LogP contribution < -0.4 is 0 Å². The zero-order valence-electron chi connectivity index (χ0n) is 22.6. The molecule has 0 spiro atoms. The highest BCUT2D eigenvalue weighted by atomic mass is 19.2. The summed E-state index contributed by atoms with van der Waals surface area (Å²) in [6.45, 7) is 0. The molecule has 0 aliphatic carbocycles. The summed E-state index contributed by atoms with van der Waals surface area (Å²) in [5.41, 5.74) is -6.70. The van der Waals surface area contributed by atoms with Crippen LogP contribution in [0.5, 0.6) is 0 Å². The van der Waals surface area contributed by atoms with E-state index in [1.165, 1.54) is 0 Å². The maximum absolute atomic E-state index is 16.3. The smallest absolute Gasteiger partial charge is 0.200 e. The van der Waals surface area contributed by atoms with Crippen molar-refractivity contribution < 1.29 is 57.1 Å². The third-order valence-corrected chi connectivity index (χ3v) is 8.04. The van der Waals surface area contributed by atoms with Gasteiger partial charge < -0.3 is 0 Å². The van der Waals surface area contributed by atoms with E-state index in [0.29, 0.717) is 18.2 Å². The topological polar surface area (TPSA) is 0 Å². The second kappa shape index (κ2) is 10.3. The third kappa shape index (κ3) is 3.98. The molecule has 0 aliphatic rings. The van der Waals surface area contributed by atoms with Gasteiger partial charge in [0.05, 0.1) is 16.3 Å². The van der Waals surface area contributed by atoms with Crippen molar-refractivity contribution in [2.24, 2.45) is 0 Å². The summed E-state index contributed by atoms with van der Waals surface area (Å²) >= 11 is 0. The van der Waals surface area contributed by atoms with E-state index in [2.05, 4.69) is 0 Å². The SMILES string of the molecule is Fc1ccc(-c2cccc(-c3c(F)c(F)c(F)c(F)c3F)c2-c2c(F)c(F)c3c(F)c(F)c4c(F)ccc5ccc2c3c54)c(F)c1F. The van der Waals surface area contributed by atoms with Gasteiger partial charge in [0.25, 0.3) is 0 Å². The van der Waals surface area contributed by atoms with E-state index < -0.39 is 136 Å². The van der Waals surface area contributed by atoms with Crippen molar-refractivity contribution in [1.82, 2.24) is 0 Å². The fourth-order valence-corrected chi connectivity index (χ4v) is 6.02. The zero-order chi connectivity index (χ0) is 33.8. The average molecular weight is 664 g/mol. The van der Waals surface area contributed by atoms with Crippen molar-refractivity contribution >= 4 is 32.3 Å². The summed E-state index contributed by atoms with van der Waals surface area (Å²) in [5, 5.41) is -4.11. The molecule has 0 amide bonds. The van der Waals surface area contributed by atoms with Crippen LogP contribution in [-0.4, -0.2) is 0 Å². The van der Waals surface area contributed by atoms with Crippen LogP contribution in [0.4, 0.5) is 57.1 Å². The van der Waals surface area contributed by atoms with Crippen LogP contribution >= 0.6 is 0 Å². The van der Waals surface area contributed by atoms with Gasteiger partial charge in [0.1, 0.15) is 5.82 Å². The number of hydrogen-bond acceptors (Lipinski definition) is 0. The molecule has 7 aromatic carbocycles. The Balaban J connectivity index is 1.77. The van der Waals surface area contributed by atoms with Gasteiger partial charge in [-0.3, -0.25) is 0 Å². The van der Waals surface area contributed by atoms with Crippen molar-refractivity contribution in [1.29, 1.82) is 0 Å². The van der Waals surface area contributed by atoms with E-state index in [1.807, 2.05) is 0 Å². The number of halogens is 13. The van der Waals surface area contributed by atoms with Gasteiger partial charge >= 0.3 is 0 Å². The highest BCUT2D eigenvalue weighted by Gasteiger charge is 2.34. The van der Waals surface area contributed by atoms with E-state index in [1.54, 1.807) is 0 Å². The van der Waals surface area contributed by atoms with E-state index in [0.717, 1.165) is 36.4 Å². The fourth-order valence-electron chi connectivity index (χ4n) is 6.02. The number of rotatable bonds is 3. The van der Waals surface area contributed by atoms with Gasteiger partial charge in [-0.05, 0) is 40.1 Å². The van der Waals surface area contributed by atoms with Gasteiger partial charge in [-0.1, -0.05) is 36.4 Å². The van der Waals surface area contributed by atoms with Crippen LogP contribution in [0.1, 0.15) is 0 Å². The maximum atomic E-state index is 16.3. The summed E-state index contributed by atoms with van der Waals surface area (Å²) in [4.78, 5) is 0. The van der Waals surface area contributed by atoms with Gasteiger partial charge in [0.2, 0.25) is 5.82 Å². The molecule has 0 saturated carbocycles. The minimum absolute atomic E-state index is 0.0188. The molecule has 7 rings (SSSR count). The zero-order valence-corrected chi connectivity index (χ0v) is 22.6. The Morgan fingerprint density at radius 3 is 1.49 bits per heavy atom. The highest BCUT2D eigenvalue weighted by Crippen LogP contribution is 2.50. The molecule has 0 radical (unpaired) electrons. The van der Waals surface area contributed by atoms with Gasteiger partial charge in [-0.25, -0.2) is 57.1 Å². The molecular formula is C34H9F13. The van der Waals surface area contributed by atoms with E-state index in [4.69, 9.17) is 0 Å². The second-order valence-corrected chi connectivity index (χ2v) is 10.4. The molecule has 0 aromatic heterocycles. The van der Waals surface area contributed by atoms with Gasteiger partial charge in [-0.2, -0.15) is 0 Å². The van der Waals surface area contributed by atoms with Crippen LogP contribution in [0.15, 0.2) is 54.6 Å². The van der Waals surface area contributed by atoms with Gasteiger partial charge in [0.15, 0.2) is 64.0 Å². The molecule has 0 heterocycles. The molecule has 0 nitrogen and oxygen atoms in total. The Kier molecular flexibility index (Phi) is 6.67. The summed E-state index contributed by atoms with van der Waals surface area (Å²) < 4.78 is 195. The lowest BCUT2D eigenvalue weighted by Gasteiger charge is -2.22. The predicted molar refractivity (Wildman–Crippen MR) is 146 cm³/mol. The predicted octanol–water partition coefficient (Wildman–Crippen LogP) is 11.4. The van der Waals surface area contributed by atoms with Crippen molar-refractivity contribution in [3.63, 3.8) is 0 Å². The summed E-state index contributed by atoms with van der Waals surface area (Å²) in [5.74, 6) is -27.6. The molecule has 0 N–H and O–H groups in total. The van der Waals surface area contributed by atoms with Crippen LogP contribution in [0.25, 0.3) is 65.7 Å². The van der Waals surface area contributed by atoms with Crippen LogP contribution in [0.2, 0.25) is 0 Å². The first kappa shape index (κ1) is 30.3. The fraction of sp³-hybridized carbons (Fsp3) is 0. The lowest BCUT2D eigenvalue weighted by Crippen LogP contribution is -2.07. The van der Waals surface area contributed by atoms with Crippen molar-refractivity contribution in [2.45, 2.75) is 0 Å². The molecule has 0 fully saturated rings. The molecule has 0 aliphatic heterocycles. The van der Waals surface area contributed by atoms with E-state index in [9.17, 15) is 26.3 Å². The van der Waals surface area contributed by atoms with Gasteiger partial charge in [0, 0.05) is 27.5 Å². The molecule has 47 heavy (non-hydrogen) atoms. The first-order valence-corrected chi connectivity index (χ1v) is 13.2. The summed E-state index contributed by atoms with van der Waals surface area (Å²) in [7, 11) is 0. The minimum atomic E-state index is -2.58.